The summed E-state index contributed by atoms with van der Waals surface area (Å²) in [7, 11) is 1.52. The van der Waals surface area contributed by atoms with Crippen LogP contribution >= 0.6 is 0 Å². The molecule has 3 nitrogen and oxygen atoms in total. The zero-order valence-electron chi connectivity index (χ0n) is 8.96. The Balaban J connectivity index is 3.09. The highest BCUT2D eigenvalue weighted by Crippen LogP contribution is 2.25. The zero-order valence-corrected chi connectivity index (χ0v) is 8.96. The first kappa shape index (κ1) is 11.9. The normalized spacial score (nSPS) is 12.6. The second-order valence-electron chi connectivity index (χ2n) is 3.47. The van der Waals surface area contributed by atoms with Gasteiger partial charge in [-0.2, -0.15) is 0 Å². The zero-order chi connectivity index (χ0) is 11.4. The largest absolute Gasteiger partial charge is 0.497 e. The molecule has 0 bridgehead atoms. The molecular weight excluding hydrogens is 197 g/mol. The molecule has 4 heteroatoms. The van der Waals surface area contributed by atoms with E-state index in [4.69, 9.17) is 15.6 Å². The van der Waals surface area contributed by atoms with Crippen LogP contribution in [0.15, 0.2) is 12.1 Å². The van der Waals surface area contributed by atoms with E-state index in [2.05, 4.69) is 0 Å². The molecule has 0 heterocycles. The number of ether oxygens (including phenoxy) is 1. The van der Waals surface area contributed by atoms with E-state index in [0.29, 0.717) is 23.3 Å². The lowest BCUT2D eigenvalue weighted by Crippen LogP contribution is -2.14. The van der Waals surface area contributed by atoms with Gasteiger partial charge >= 0.3 is 0 Å². The maximum absolute atomic E-state index is 13.7. The number of aliphatic hydroxyl groups excluding tert-OH is 1. The molecule has 0 aliphatic heterocycles. The van der Waals surface area contributed by atoms with Gasteiger partial charge in [0.05, 0.1) is 7.11 Å². The first-order valence-electron chi connectivity index (χ1n) is 4.80. The minimum atomic E-state index is -0.496. The van der Waals surface area contributed by atoms with E-state index >= 15 is 0 Å². The van der Waals surface area contributed by atoms with Crippen molar-refractivity contribution in [3.8, 4) is 5.75 Å². The molecule has 84 valence electrons. The van der Waals surface area contributed by atoms with Gasteiger partial charge < -0.3 is 15.6 Å². The molecule has 1 unspecified atom stereocenters. The van der Waals surface area contributed by atoms with Crippen molar-refractivity contribution in [3.63, 3.8) is 0 Å². The Hall–Kier alpha value is -1.13. The lowest BCUT2D eigenvalue weighted by Gasteiger charge is -2.14. The van der Waals surface area contributed by atoms with E-state index in [1.807, 2.05) is 0 Å². The van der Waals surface area contributed by atoms with E-state index in [1.54, 1.807) is 19.1 Å². The number of nitrogens with two attached hydrogens (primary N) is 1. The molecule has 1 aromatic rings. The van der Waals surface area contributed by atoms with Crippen LogP contribution in [-0.2, 0) is 0 Å². The molecule has 1 aromatic carbocycles. The predicted molar refractivity (Wildman–Crippen MR) is 56.3 cm³/mol. The number of methoxy groups -OCH3 is 1. The summed E-state index contributed by atoms with van der Waals surface area (Å²) in [5.41, 5.74) is 6.63. The monoisotopic (exact) mass is 213 g/mol. The summed E-state index contributed by atoms with van der Waals surface area (Å²) in [4.78, 5) is 0. The van der Waals surface area contributed by atoms with E-state index in [1.165, 1.54) is 7.11 Å². The number of hydrogen-bond donors (Lipinski definition) is 2. The van der Waals surface area contributed by atoms with Crippen LogP contribution in [0.3, 0.4) is 0 Å². The Morgan fingerprint density at radius 1 is 1.53 bits per heavy atom. The quantitative estimate of drug-likeness (QED) is 0.797. The van der Waals surface area contributed by atoms with Gasteiger partial charge in [0.15, 0.2) is 0 Å². The lowest BCUT2D eigenvalue weighted by molar-refractivity contribution is 0.275. The van der Waals surface area contributed by atoms with Crippen LogP contribution in [0.4, 0.5) is 4.39 Å². The fourth-order valence-electron chi connectivity index (χ4n) is 1.44. The summed E-state index contributed by atoms with van der Waals surface area (Å²) in [6.45, 7) is 1.60. The standard InChI is InChI=1S/C11H16FNO2/c1-7-5-8(15-2)6-9(11(7)12)10(13)3-4-14/h5-6,10,14H,3-4,13H2,1-2H3. The van der Waals surface area contributed by atoms with Gasteiger partial charge in [-0.15, -0.1) is 0 Å². The number of hydrogen-bond acceptors (Lipinski definition) is 3. The third kappa shape index (κ3) is 2.67. The number of aliphatic hydroxyl groups is 1. The van der Waals surface area contributed by atoms with Crippen LogP contribution in [0.1, 0.15) is 23.6 Å². The first-order valence-corrected chi connectivity index (χ1v) is 4.80. The molecule has 0 aliphatic rings. The molecule has 0 saturated carbocycles. The molecule has 0 fully saturated rings. The van der Waals surface area contributed by atoms with E-state index in [0.717, 1.165) is 0 Å². The second kappa shape index (κ2) is 5.09. The molecular formula is C11H16FNO2. The summed E-state index contributed by atoms with van der Waals surface area (Å²) in [5.74, 6) is 0.258. The smallest absolute Gasteiger partial charge is 0.131 e. The highest BCUT2D eigenvalue weighted by molar-refractivity contribution is 5.36. The minimum Gasteiger partial charge on any atom is -0.497 e. The summed E-state index contributed by atoms with van der Waals surface area (Å²) in [6.07, 6.45) is 0.337. The predicted octanol–water partition coefficient (Wildman–Crippen LogP) is 1.52. The molecule has 1 atom stereocenters. The molecule has 0 aliphatic carbocycles. The number of aryl methyl sites for hydroxylation is 1. The number of benzene rings is 1. The Labute approximate surface area is 88.7 Å². The average molecular weight is 213 g/mol. The van der Waals surface area contributed by atoms with Crippen molar-refractivity contribution in [2.45, 2.75) is 19.4 Å². The van der Waals surface area contributed by atoms with Crippen LogP contribution in [0.25, 0.3) is 0 Å². The van der Waals surface area contributed by atoms with E-state index in [9.17, 15) is 4.39 Å². The van der Waals surface area contributed by atoms with Crippen molar-refractivity contribution < 1.29 is 14.2 Å². The fraction of sp³-hybridized carbons (Fsp3) is 0.455. The van der Waals surface area contributed by atoms with Gasteiger partial charge in [0.25, 0.3) is 0 Å². The Morgan fingerprint density at radius 3 is 2.73 bits per heavy atom. The Kier molecular flexibility index (Phi) is 4.05. The van der Waals surface area contributed by atoms with Crippen molar-refractivity contribution in [2.24, 2.45) is 5.73 Å². The molecule has 3 N–H and O–H groups in total. The van der Waals surface area contributed by atoms with E-state index in [-0.39, 0.29) is 12.4 Å². The third-order valence-electron chi connectivity index (χ3n) is 2.33. The van der Waals surface area contributed by atoms with Crippen LogP contribution in [-0.4, -0.2) is 18.8 Å². The summed E-state index contributed by atoms with van der Waals surface area (Å²) in [5, 5.41) is 8.75. The highest BCUT2D eigenvalue weighted by Gasteiger charge is 2.14. The van der Waals surface area contributed by atoms with Crippen LogP contribution in [0, 0.1) is 12.7 Å². The molecule has 0 aromatic heterocycles. The molecule has 0 spiro atoms. The van der Waals surface area contributed by atoms with Gasteiger partial charge in [0.1, 0.15) is 11.6 Å². The minimum absolute atomic E-state index is 0.0587. The van der Waals surface area contributed by atoms with Crippen molar-refractivity contribution in [1.29, 1.82) is 0 Å². The fourth-order valence-corrected chi connectivity index (χ4v) is 1.44. The molecule has 1 rings (SSSR count). The van der Waals surface area contributed by atoms with Crippen LogP contribution in [0.5, 0.6) is 5.75 Å². The van der Waals surface area contributed by atoms with Crippen LogP contribution in [0.2, 0.25) is 0 Å². The second-order valence-corrected chi connectivity index (χ2v) is 3.47. The molecule has 0 saturated heterocycles. The van der Waals surface area contributed by atoms with Gasteiger partial charge in [-0.3, -0.25) is 0 Å². The van der Waals surface area contributed by atoms with Gasteiger partial charge in [0, 0.05) is 18.2 Å². The molecule has 15 heavy (non-hydrogen) atoms. The Morgan fingerprint density at radius 2 is 2.20 bits per heavy atom. The van der Waals surface area contributed by atoms with Crippen molar-refractivity contribution in [3.05, 3.63) is 29.1 Å². The SMILES string of the molecule is COc1cc(C)c(F)c(C(N)CCO)c1. The van der Waals surface area contributed by atoms with Crippen molar-refractivity contribution >= 4 is 0 Å². The van der Waals surface area contributed by atoms with Crippen molar-refractivity contribution in [1.82, 2.24) is 0 Å². The number of halogens is 1. The third-order valence-corrected chi connectivity index (χ3v) is 2.33. The Bertz CT molecular complexity index is 342. The lowest BCUT2D eigenvalue weighted by atomic mass is 10.0. The van der Waals surface area contributed by atoms with Gasteiger partial charge in [-0.1, -0.05) is 0 Å². The summed E-state index contributed by atoms with van der Waals surface area (Å²) in [6, 6.07) is 2.69. The molecule has 0 radical (unpaired) electrons. The van der Waals surface area contributed by atoms with Crippen LogP contribution < -0.4 is 10.5 Å². The van der Waals surface area contributed by atoms with Gasteiger partial charge in [-0.25, -0.2) is 4.39 Å². The maximum Gasteiger partial charge on any atom is 0.131 e. The first-order chi connectivity index (χ1) is 7.10. The van der Waals surface area contributed by atoms with Crippen molar-refractivity contribution in [2.75, 3.05) is 13.7 Å². The topological polar surface area (TPSA) is 55.5 Å². The summed E-state index contributed by atoms with van der Waals surface area (Å²) >= 11 is 0. The maximum atomic E-state index is 13.7. The molecule has 0 amide bonds. The van der Waals surface area contributed by atoms with Gasteiger partial charge in [-0.05, 0) is 31.0 Å². The summed E-state index contributed by atoms with van der Waals surface area (Å²) < 4.78 is 18.7. The number of rotatable bonds is 4. The van der Waals surface area contributed by atoms with E-state index < -0.39 is 6.04 Å². The highest BCUT2D eigenvalue weighted by atomic mass is 19.1. The average Bonchev–Trinajstić information content (AvgIpc) is 2.22. The van der Waals surface area contributed by atoms with Gasteiger partial charge in [0.2, 0.25) is 0 Å².